The third-order valence-corrected chi connectivity index (χ3v) is 5.67. The van der Waals surface area contributed by atoms with Gasteiger partial charge >= 0.3 is 0 Å². The van der Waals surface area contributed by atoms with Crippen molar-refractivity contribution >= 4 is 16.9 Å². The first kappa shape index (κ1) is 19.2. The molecule has 154 valence electrons. The molecule has 1 aliphatic rings. The molecule has 6 heteroatoms. The van der Waals surface area contributed by atoms with Gasteiger partial charge in [-0.1, -0.05) is 30.3 Å². The van der Waals surface area contributed by atoms with Gasteiger partial charge in [-0.3, -0.25) is 14.6 Å². The summed E-state index contributed by atoms with van der Waals surface area (Å²) < 4.78 is 20.9. The van der Waals surface area contributed by atoms with E-state index in [1.165, 1.54) is 11.0 Å². The van der Waals surface area contributed by atoms with E-state index in [4.69, 9.17) is 4.42 Å². The Kier molecular flexibility index (Phi) is 4.43. The van der Waals surface area contributed by atoms with E-state index in [2.05, 4.69) is 4.98 Å². The Morgan fingerprint density at radius 1 is 1.10 bits per heavy atom. The van der Waals surface area contributed by atoms with Gasteiger partial charge in [0, 0.05) is 24.5 Å². The number of benzene rings is 2. The molecule has 31 heavy (non-hydrogen) atoms. The van der Waals surface area contributed by atoms with Gasteiger partial charge in [0.25, 0.3) is 5.91 Å². The SMILES string of the molecule is Cc1cc(C)c2oc3c(c(=O)c2c1)C(c1ccccc1F)N(Cc1cccnc1)C3=O. The lowest BCUT2D eigenvalue weighted by atomic mass is 9.97. The zero-order valence-corrected chi connectivity index (χ0v) is 17.1. The van der Waals surface area contributed by atoms with Gasteiger partial charge in [0.15, 0.2) is 5.43 Å². The molecule has 2 aromatic carbocycles. The number of pyridine rings is 1. The van der Waals surface area contributed by atoms with E-state index in [0.29, 0.717) is 11.0 Å². The van der Waals surface area contributed by atoms with E-state index < -0.39 is 17.8 Å². The molecule has 1 unspecified atom stereocenters. The molecule has 0 spiro atoms. The summed E-state index contributed by atoms with van der Waals surface area (Å²) in [7, 11) is 0. The number of aryl methyl sites for hydroxylation is 2. The van der Waals surface area contributed by atoms with Crippen LogP contribution in [-0.2, 0) is 6.54 Å². The molecule has 0 bridgehead atoms. The zero-order valence-electron chi connectivity index (χ0n) is 17.1. The van der Waals surface area contributed by atoms with Crippen LogP contribution in [0, 0.1) is 19.7 Å². The van der Waals surface area contributed by atoms with Crippen molar-refractivity contribution < 1.29 is 13.6 Å². The number of carbonyl (C=O) groups is 1. The van der Waals surface area contributed by atoms with Gasteiger partial charge in [0.2, 0.25) is 5.76 Å². The fraction of sp³-hybridized carbons (Fsp3) is 0.160. The van der Waals surface area contributed by atoms with Gasteiger partial charge in [0.1, 0.15) is 11.4 Å². The number of amides is 1. The minimum atomic E-state index is -0.884. The summed E-state index contributed by atoms with van der Waals surface area (Å²) >= 11 is 0. The van der Waals surface area contributed by atoms with Crippen LogP contribution in [0.2, 0.25) is 0 Å². The Labute approximate surface area is 177 Å². The second-order valence-corrected chi connectivity index (χ2v) is 7.85. The number of hydrogen-bond donors (Lipinski definition) is 0. The maximum absolute atomic E-state index is 14.9. The topological polar surface area (TPSA) is 63.4 Å². The highest BCUT2D eigenvalue weighted by atomic mass is 19.1. The highest BCUT2D eigenvalue weighted by molar-refractivity contribution is 5.99. The summed E-state index contributed by atoms with van der Waals surface area (Å²) in [6.07, 6.45) is 3.29. The predicted octanol–water partition coefficient (Wildman–Crippen LogP) is 4.69. The summed E-state index contributed by atoms with van der Waals surface area (Å²) in [6, 6.07) is 12.6. The van der Waals surface area contributed by atoms with Crippen molar-refractivity contribution in [3.05, 3.63) is 111 Å². The number of hydrogen-bond acceptors (Lipinski definition) is 4. The molecule has 1 aliphatic heterocycles. The van der Waals surface area contributed by atoms with Gasteiger partial charge in [-0.2, -0.15) is 0 Å². The van der Waals surface area contributed by atoms with E-state index in [9.17, 15) is 14.0 Å². The molecule has 2 aromatic heterocycles. The molecule has 3 heterocycles. The minimum absolute atomic E-state index is 0.0263. The summed E-state index contributed by atoms with van der Waals surface area (Å²) in [6.45, 7) is 3.91. The molecule has 0 radical (unpaired) electrons. The minimum Gasteiger partial charge on any atom is -0.450 e. The Morgan fingerprint density at radius 2 is 1.90 bits per heavy atom. The summed E-state index contributed by atoms with van der Waals surface area (Å²) in [4.78, 5) is 32.6. The molecule has 1 amide bonds. The first-order chi connectivity index (χ1) is 15.0. The molecule has 1 atom stereocenters. The van der Waals surface area contributed by atoms with Crippen LogP contribution in [0.4, 0.5) is 4.39 Å². The molecule has 4 aromatic rings. The van der Waals surface area contributed by atoms with Crippen LogP contribution >= 0.6 is 0 Å². The van der Waals surface area contributed by atoms with Gasteiger partial charge in [0.05, 0.1) is 17.0 Å². The van der Waals surface area contributed by atoms with Crippen molar-refractivity contribution in [2.45, 2.75) is 26.4 Å². The number of fused-ring (bicyclic) bond motifs is 2. The average molecular weight is 414 g/mol. The molecule has 0 N–H and O–H groups in total. The van der Waals surface area contributed by atoms with Crippen LogP contribution in [0.1, 0.15) is 44.4 Å². The third-order valence-electron chi connectivity index (χ3n) is 5.67. The van der Waals surface area contributed by atoms with Gasteiger partial charge in [-0.25, -0.2) is 4.39 Å². The first-order valence-corrected chi connectivity index (χ1v) is 9.98. The normalized spacial score (nSPS) is 15.5. The maximum Gasteiger partial charge on any atom is 0.291 e. The lowest BCUT2D eigenvalue weighted by molar-refractivity contribution is 0.0712. The third kappa shape index (κ3) is 3.03. The van der Waals surface area contributed by atoms with Crippen LogP contribution < -0.4 is 5.43 Å². The predicted molar refractivity (Wildman–Crippen MR) is 114 cm³/mol. The smallest absolute Gasteiger partial charge is 0.291 e. The molecule has 0 saturated carbocycles. The van der Waals surface area contributed by atoms with Crippen LogP contribution in [-0.4, -0.2) is 15.8 Å². The lowest BCUT2D eigenvalue weighted by Crippen LogP contribution is -2.29. The van der Waals surface area contributed by atoms with Gasteiger partial charge in [-0.15, -0.1) is 0 Å². The van der Waals surface area contributed by atoms with Crippen molar-refractivity contribution in [3.8, 4) is 0 Å². The Morgan fingerprint density at radius 3 is 2.65 bits per heavy atom. The molecule has 5 nitrogen and oxygen atoms in total. The van der Waals surface area contributed by atoms with Gasteiger partial charge < -0.3 is 9.32 Å². The van der Waals surface area contributed by atoms with E-state index in [-0.39, 0.29) is 28.9 Å². The van der Waals surface area contributed by atoms with Crippen molar-refractivity contribution in [3.63, 3.8) is 0 Å². The molecule has 0 fully saturated rings. The van der Waals surface area contributed by atoms with E-state index >= 15 is 0 Å². The molecule has 5 rings (SSSR count). The van der Waals surface area contributed by atoms with Crippen LogP contribution in [0.5, 0.6) is 0 Å². The second-order valence-electron chi connectivity index (χ2n) is 7.85. The Hall–Kier alpha value is -3.80. The van der Waals surface area contributed by atoms with E-state index in [1.807, 2.05) is 26.0 Å². The standard InChI is InChI=1S/C25H19FN2O3/c1-14-10-15(2)23-18(11-14)22(29)20-21(17-7-3-4-8-19(17)26)28(25(30)24(20)31-23)13-16-6-5-9-27-12-16/h3-12,21H,13H2,1-2H3. The maximum atomic E-state index is 14.9. The van der Waals surface area contributed by atoms with Crippen LogP contribution in [0.15, 0.2) is 70.1 Å². The number of nitrogens with zero attached hydrogens (tertiary/aromatic N) is 2. The highest BCUT2D eigenvalue weighted by Crippen LogP contribution is 2.40. The van der Waals surface area contributed by atoms with Gasteiger partial charge in [-0.05, 0) is 48.7 Å². The lowest BCUT2D eigenvalue weighted by Gasteiger charge is -2.25. The Bertz CT molecular complexity index is 1400. The molecular formula is C25H19FN2O3. The van der Waals surface area contributed by atoms with E-state index in [1.54, 1.807) is 42.7 Å². The van der Waals surface area contributed by atoms with Crippen LogP contribution in [0.25, 0.3) is 11.0 Å². The fourth-order valence-corrected chi connectivity index (χ4v) is 4.35. The summed E-state index contributed by atoms with van der Waals surface area (Å²) in [5.74, 6) is -0.947. The molecule has 0 saturated heterocycles. The molecular weight excluding hydrogens is 395 g/mol. The van der Waals surface area contributed by atoms with Crippen molar-refractivity contribution in [2.24, 2.45) is 0 Å². The molecule has 0 aliphatic carbocycles. The van der Waals surface area contributed by atoms with Crippen molar-refractivity contribution in [2.75, 3.05) is 0 Å². The summed E-state index contributed by atoms with van der Waals surface area (Å²) in [5.41, 5.74) is 2.98. The Balaban J connectivity index is 1.79. The summed E-state index contributed by atoms with van der Waals surface area (Å²) in [5, 5.41) is 0.397. The quantitative estimate of drug-likeness (QED) is 0.488. The monoisotopic (exact) mass is 414 g/mol. The van der Waals surface area contributed by atoms with Crippen molar-refractivity contribution in [1.29, 1.82) is 0 Å². The van der Waals surface area contributed by atoms with Crippen LogP contribution in [0.3, 0.4) is 0 Å². The average Bonchev–Trinajstić information content (AvgIpc) is 3.02. The largest absolute Gasteiger partial charge is 0.450 e. The fourth-order valence-electron chi connectivity index (χ4n) is 4.35. The number of rotatable bonds is 3. The number of aromatic nitrogens is 1. The zero-order chi connectivity index (χ0) is 21.7. The first-order valence-electron chi connectivity index (χ1n) is 9.98. The van der Waals surface area contributed by atoms with E-state index in [0.717, 1.165) is 16.7 Å². The van der Waals surface area contributed by atoms with Crippen molar-refractivity contribution in [1.82, 2.24) is 9.88 Å². The second kappa shape index (κ2) is 7.16. The number of carbonyl (C=O) groups excluding carboxylic acids is 1. The number of halogens is 1. The highest BCUT2D eigenvalue weighted by Gasteiger charge is 2.43.